The van der Waals surface area contributed by atoms with Crippen LogP contribution in [-0.4, -0.2) is 43.1 Å². The van der Waals surface area contributed by atoms with Crippen LogP contribution in [-0.2, 0) is 20.8 Å². The Morgan fingerprint density at radius 1 is 1.53 bits per heavy atom. The molecule has 0 bridgehead atoms. The van der Waals surface area contributed by atoms with Crippen molar-refractivity contribution in [2.45, 2.75) is 13.0 Å². The van der Waals surface area contributed by atoms with Gasteiger partial charge in [-0.05, 0) is 15.9 Å². The van der Waals surface area contributed by atoms with Crippen molar-refractivity contribution in [2.24, 2.45) is 0 Å². The molecule has 0 aliphatic carbocycles. The Morgan fingerprint density at radius 3 is 2.89 bits per heavy atom. The lowest BCUT2D eigenvalue weighted by Gasteiger charge is -2.09. The summed E-state index contributed by atoms with van der Waals surface area (Å²) in [5, 5.41) is 6.96. The fraction of sp³-hybridized carbons (Fsp3) is 0.545. The van der Waals surface area contributed by atoms with Gasteiger partial charge in [0.2, 0.25) is 0 Å². The van der Waals surface area contributed by atoms with Crippen molar-refractivity contribution in [1.82, 2.24) is 9.78 Å². The van der Waals surface area contributed by atoms with Gasteiger partial charge >= 0.3 is 5.97 Å². The van der Waals surface area contributed by atoms with Gasteiger partial charge in [-0.3, -0.25) is 9.59 Å². The molecule has 1 N–H and O–H groups in total. The van der Waals surface area contributed by atoms with Crippen LogP contribution in [0.3, 0.4) is 0 Å². The van der Waals surface area contributed by atoms with Gasteiger partial charge < -0.3 is 14.8 Å². The van der Waals surface area contributed by atoms with Crippen LogP contribution in [0.5, 0.6) is 0 Å². The molecular formula is C11H16BrN3O4. The lowest BCUT2D eigenvalue weighted by molar-refractivity contribution is -0.140. The summed E-state index contributed by atoms with van der Waals surface area (Å²) in [4.78, 5) is 22.9. The number of halogens is 1. The average molecular weight is 334 g/mol. The van der Waals surface area contributed by atoms with E-state index in [-0.39, 0.29) is 17.9 Å². The molecule has 0 unspecified atom stereocenters. The molecule has 1 aromatic heterocycles. The lowest BCUT2D eigenvalue weighted by Crippen LogP contribution is -2.26. The molecule has 0 radical (unpaired) electrons. The van der Waals surface area contributed by atoms with Gasteiger partial charge in [0, 0.05) is 13.7 Å². The first-order valence-corrected chi connectivity index (χ1v) is 6.44. The third-order valence-electron chi connectivity index (χ3n) is 2.36. The highest BCUT2D eigenvalue weighted by Gasteiger charge is 2.09. The second-order valence-corrected chi connectivity index (χ2v) is 4.44. The molecule has 0 aromatic carbocycles. The van der Waals surface area contributed by atoms with Crippen LogP contribution in [0.25, 0.3) is 0 Å². The van der Waals surface area contributed by atoms with Gasteiger partial charge in [-0.25, -0.2) is 4.68 Å². The molecule has 7 nitrogen and oxygen atoms in total. The van der Waals surface area contributed by atoms with Crippen LogP contribution < -0.4 is 10.9 Å². The van der Waals surface area contributed by atoms with Gasteiger partial charge in [0.05, 0.1) is 38.6 Å². The van der Waals surface area contributed by atoms with Crippen molar-refractivity contribution in [3.63, 3.8) is 0 Å². The van der Waals surface area contributed by atoms with Crippen LogP contribution >= 0.6 is 15.9 Å². The fourth-order valence-electron chi connectivity index (χ4n) is 1.33. The van der Waals surface area contributed by atoms with Crippen LogP contribution in [0.15, 0.2) is 15.5 Å². The molecule has 1 rings (SSSR count). The van der Waals surface area contributed by atoms with Crippen molar-refractivity contribution in [2.75, 3.05) is 32.7 Å². The molecule has 0 atom stereocenters. The predicted molar refractivity (Wildman–Crippen MR) is 73.2 cm³/mol. The summed E-state index contributed by atoms with van der Waals surface area (Å²) >= 11 is 3.21. The Morgan fingerprint density at radius 2 is 2.26 bits per heavy atom. The van der Waals surface area contributed by atoms with E-state index < -0.39 is 0 Å². The molecular weight excluding hydrogens is 318 g/mol. The van der Waals surface area contributed by atoms with E-state index in [4.69, 9.17) is 4.74 Å². The van der Waals surface area contributed by atoms with Crippen molar-refractivity contribution in [3.05, 3.63) is 21.0 Å². The molecule has 0 spiro atoms. The van der Waals surface area contributed by atoms with E-state index in [2.05, 4.69) is 31.1 Å². The highest BCUT2D eigenvalue weighted by Crippen LogP contribution is 2.15. The number of nitrogens with zero attached hydrogens (tertiary/aromatic N) is 2. The quantitative estimate of drug-likeness (QED) is 0.737. The largest absolute Gasteiger partial charge is 0.469 e. The summed E-state index contributed by atoms with van der Waals surface area (Å²) in [5.74, 6) is -0.315. The molecule has 106 valence electrons. The molecule has 0 saturated carbocycles. The van der Waals surface area contributed by atoms with Gasteiger partial charge in [-0.1, -0.05) is 0 Å². The minimum absolute atomic E-state index is 0.218. The summed E-state index contributed by atoms with van der Waals surface area (Å²) in [7, 11) is 2.89. The number of carbonyl (C=O) groups is 1. The number of aromatic nitrogens is 2. The number of methoxy groups -OCH3 is 2. The minimum Gasteiger partial charge on any atom is -0.469 e. The minimum atomic E-state index is -0.315. The van der Waals surface area contributed by atoms with Gasteiger partial charge in [0.25, 0.3) is 5.56 Å². The van der Waals surface area contributed by atoms with E-state index in [0.717, 1.165) is 0 Å². The Labute approximate surface area is 119 Å². The van der Waals surface area contributed by atoms with Crippen LogP contribution in [0.1, 0.15) is 6.42 Å². The van der Waals surface area contributed by atoms with Crippen LogP contribution in [0.2, 0.25) is 0 Å². The number of esters is 1. The highest BCUT2D eigenvalue weighted by molar-refractivity contribution is 9.10. The number of hydrogen-bond acceptors (Lipinski definition) is 6. The number of nitrogens with one attached hydrogen (secondary N) is 1. The third-order valence-corrected chi connectivity index (χ3v) is 3.13. The number of carbonyl (C=O) groups excluding carboxylic acids is 1. The summed E-state index contributed by atoms with van der Waals surface area (Å²) < 4.78 is 11.1. The van der Waals surface area contributed by atoms with E-state index in [1.807, 2.05) is 0 Å². The Bertz CT molecular complexity index is 489. The van der Waals surface area contributed by atoms with Crippen LogP contribution in [0, 0.1) is 0 Å². The Hall–Kier alpha value is -1.41. The number of anilines is 1. The first kappa shape index (κ1) is 15.6. The van der Waals surface area contributed by atoms with Crippen molar-refractivity contribution < 1.29 is 14.3 Å². The van der Waals surface area contributed by atoms with Gasteiger partial charge in [0.1, 0.15) is 4.47 Å². The molecule has 19 heavy (non-hydrogen) atoms. The second kappa shape index (κ2) is 7.90. The average Bonchev–Trinajstić information content (AvgIpc) is 2.42. The van der Waals surface area contributed by atoms with Crippen molar-refractivity contribution in [3.8, 4) is 0 Å². The summed E-state index contributed by atoms with van der Waals surface area (Å²) in [6.45, 7) is 1.17. The van der Waals surface area contributed by atoms with Crippen molar-refractivity contribution in [1.29, 1.82) is 0 Å². The molecule has 0 saturated heterocycles. The Balaban J connectivity index is 2.68. The van der Waals surface area contributed by atoms with Gasteiger partial charge in [0.15, 0.2) is 0 Å². The molecule has 0 aliphatic rings. The Kier molecular flexibility index (Phi) is 6.51. The molecule has 0 aliphatic heterocycles. The maximum atomic E-state index is 11.9. The molecule has 1 heterocycles. The predicted octanol–water partition coefficient (Wildman–Crippen LogP) is 0.627. The number of rotatable bonds is 7. The zero-order valence-electron chi connectivity index (χ0n) is 10.8. The lowest BCUT2D eigenvalue weighted by atomic mass is 10.4. The van der Waals surface area contributed by atoms with Crippen molar-refractivity contribution >= 4 is 27.6 Å². The maximum Gasteiger partial charge on any atom is 0.307 e. The number of hydrogen-bond donors (Lipinski definition) is 1. The first-order chi connectivity index (χ1) is 9.10. The topological polar surface area (TPSA) is 82.4 Å². The SMILES string of the molecule is COCCn1ncc(NCCC(=O)OC)c(Br)c1=O. The van der Waals surface area contributed by atoms with E-state index >= 15 is 0 Å². The molecule has 0 fully saturated rings. The zero-order chi connectivity index (χ0) is 14.3. The third kappa shape index (κ3) is 4.64. The summed E-state index contributed by atoms with van der Waals surface area (Å²) in [6, 6.07) is 0. The molecule has 1 aromatic rings. The number of ether oxygens (including phenoxy) is 2. The summed E-state index contributed by atoms with van der Waals surface area (Å²) in [6.07, 6.45) is 1.74. The monoisotopic (exact) mass is 333 g/mol. The molecule has 0 amide bonds. The van der Waals surface area contributed by atoms with Gasteiger partial charge in [-0.2, -0.15) is 5.10 Å². The van der Waals surface area contributed by atoms with Gasteiger partial charge in [-0.15, -0.1) is 0 Å². The van der Waals surface area contributed by atoms with E-state index in [9.17, 15) is 9.59 Å². The second-order valence-electron chi connectivity index (χ2n) is 3.65. The van der Waals surface area contributed by atoms with E-state index in [1.54, 1.807) is 7.11 Å². The smallest absolute Gasteiger partial charge is 0.307 e. The van der Waals surface area contributed by atoms with E-state index in [1.165, 1.54) is 18.0 Å². The molecule has 8 heteroatoms. The summed E-state index contributed by atoms with van der Waals surface area (Å²) in [5.41, 5.74) is 0.294. The maximum absolute atomic E-state index is 11.9. The highest BCUT2D eigenvalue weighted by atomic mass is 79.9. The van der Waals surface area contributed by atoms with Crippen LogP contribution in [0.4, 0.5) is 5.69 Å². The standard InChI is InChI=1S/C11H16BrN3O4/c1-18-6-5-15-11(17)10(12)8(7-14-15)13-4-3-9(16)19-2/h7,13H,3-6H2,1-2H3. The van der Waals surface area contributed by atoms with E-state index in [0.29, 0.717) is 29.9 Å². The normalized spacial score (nSPS) is 10.3. The zero-order valence-corrected chi connectivity index (χ0v) is 12.4. The first-order valence-electron chi connectivity index (χ1n) is 5.65. The fourth-order valence-corrected chi connectivity index (χ4v) is 1.77.